The van der Waals surface area contributed by atoms with Crippen molar-refractivity contribution < 1.29 is 4.74 Å². The molecular formula is C18H37N3O. The summed E-state index contributed by atoms with van der Waals surface area (Å²) in [6.45, 7) is 15.5. The normalized spacial score (nSPS) is 26.6. The molecule has 0 saturated carbocycles. The second kappa shape index (κ2) is 9.86. The third-order valence-electron chi connectivity index (χ3n) is 5.57. The summed E-state index contributed by atoms with van der Waals surface area (Å²) >= 11 is 0. The van der Waals surface area contributed by atoms with Crippen molar-refractivity contribution in [3.05, 3.63) is 0 Å². The molecule has 1 unspecified atom stereocenters. The Morgan fingerprint density at radius 2 is 1.73 bits per heavy atom. The first-order valence-electron chi connectivity index (χ1n) is 9.44. The highest BCUT2D eigenvalue weighted by Gasteiger charge is 2.27. The zero-order chi connectivity index (χ0) is 15.8. The Hall–Kier alpha value is -0.160. The van der Waals surface area contributed by atoms with Gasteiger partial charge in [0.2, 0.25) is 0 Å². The average Bonchev–Trinajstić information content (AvgIpc) is 2.56. The first-order chi connectivity index (χ1) is 10.8. The standard InChI is InChI=1S/C18H37N3O/c1-4-9-21-14-13-20(15-18(21)16-22-3)12-8-17-6-10-19(5-2)11-7-17/h17-18H,4-16H2,1-3H3. The fourth-order valence-corrected chi connectivity index (χ4v) is 4.05. The van der Waals surface area contributed by atoms with E-state index in [2.05, 4.69) is 28.5 Å². The number of piperazine rings is 1. The number of likely N-dealkylation sites (tertiary alicyclic amines) is 1. The third kappa shape index (κ3) is 5.48. The van der Waals surface area contributed by atoms with Crippen LogP contribution in [0, 0.1) is 5.92 Å². The van der Waals surface area contributed by atoms with Gasteiger partial charge in [-0.05, 0) is 64.3 Å². The van der Waals surface area contributed by atoms with Crippen molar-refractivity contribution in [1.82, 2.24) is 14.7 Å². The molecule has 0 bridgehead atoms. The number of rotatable bonds is 8. The topological polar surface area (TPSA) is 19.0 Å². The SMILES string of the molecule is CCCN1CCN(CCC2CCN(CC)CC2)CC1COC. The molecule has 0 amide bonds. The van der Waals surface area contributed by atoms with Crippen LogP contribution in [0.3, 0.4) is 0 Å². The van der Waals surface area contributed by atoms with E-state index in [1.165, 1.54) is 78.0 Å². The second-order valence-electron chi connectivity index (χ2n) is 7.11. The van der Waals surface area contributed by atoms with E-state index in [1.807, 2.05) is 7.11 Å². The summed E-state index contributed by atoms with van der Waals surface area (Å²) in [6, 6.07) is 0.598. The molecule has 130 valence electrons. The van der Waals surface area contributed by atoms with Crippen molar-refractivity contribution in [2.45, 2.75) is 45.6 Å². The Morgan fingerprint density at radius 3 is 2.36 bits per heavy atom. The number of hydrogen-bond donors (Lipinski definition) is 0. The largest absolute Gasteiger partial charge is 0.383 e. The summed E-state index contributed by atoms with van der Waals surface area (Å²) in [5, 5.41) is 0. The predicted molar refractivity (Wildman–Crippen MR) is 93.4 cm³/mol. The van der Waals surface area contributed by atoms with E-state index in [0.717, 1.165) is 12.5 Å². The van der Waals surface area contributed by atoms with Gasteiger partial charge in [-0.25, -0.2) is 0 Å². The summed E-state index contributed by atoms with van der Waals surface area (Å²) in [6.07, 6.45) is 5.46. The molecule has 4 nitrogen and oxygen atoms in total. The molecule has 0 aromatic carbocycles. The van der Waals surface area contributed by atoms with Crippen molar-refractivity contribution in [1.29, 1.82) is 0 Å². The van der Waals surface area contributed by atoms with Crippen molar-refractivity contribution in [2.24, 2.45) is 5.92 Å². The van der Waals surface area contributed by atoms with E-state index in [9.17, 15) is 0 Å². The fraction of sp³-hybridized carbons (Fsp3) is 1.00. The van der Waals surface area contributed by atoms with Crippen LogP contribution in [-0.2, 0) is 4.74 Å². The molecule has 22 heavy (non-hydrogen) atoms. The number of methoxy groups -OCH3 is 1. The lowest BCUT2D eigenvalue weighted by molar-refractivity contribution is 0.0223. The highest BCUT2D eigenvalue weighted by atomic mass is 16.5. The van der Waals surface area contributed by atoms with Crippen LogP contribution in [0.25, 0.3) is 0 Å². The summed E-state index contributed by atoms with van der Waals surface area (Å²) in [5.74, 6) is 0.956. The molecular weight excluding hydrogens is 274 g/mol. The van der Waals surface area contributed by atoms with Crippen LogP contribution >= 0.6 is 0 Å². The molecule has 0 aliphatic carbocycles. The van der Waals surface area contributed by atoms with Gasteiger partial charge in [-0.2, -0.15) is 0 Å². The Labute approximate surface area is 137 Å². The summed E-state index contributed by atoms with van der Waals surface area (Å²) < 4.78 is 5.45. The quantitative estimate of drug-likeness (QED) is 0.684. The van der Waals surface area contributed by atoms with Crippen molar-refractivity contribution >= 4 is 0 Å². The highest BCUT2D eigenvalue weighted by Crippen LogP contribution is 2.21. The Kier molecular flexibility index (Phi) is 8.15. The number of piperidine rings is 1. The zero-order valence-electron chi connectivity index (χ0n) is 15.1. The first-order valence-corrected chi connectivity index (χ1v) is 9.44. The molecule has 2 saturated heterocycles. The zero-order valence-corrected chi connectivity index (χ0v) is 15.1. The first kappa shape index (κ1) is 18.2. The van der Waals surface area contributed by atoms with Crippen molar-refractivity contribution in [3.8, 4) is 0 Å². The van der Waals surface area contributed by atoms with Gasteiger partial charge in [0, 0.05) is 32.8 Å². The molecule has 2 aliphatic heterocycles. The van der Waals surface area contributed by atoms with Gasteiger partial charge in [0.15, 0.2) is 0 Å². The van der Waals surface area contributed by atoms with E-state index in [-0.39, 0.29) is 0 Å². The maximum atomic E-state index is 5.45. The molecule has 2 fully saturated rings. The van der Waals surface area contributed by atoms with Crippen LogP contribution in [0.1, 0.15) is 39.5 Å². The number of hydrogen-bond acceptors (Lipinski definition) is 4. The highest BCUT2D eigenvalue weighted by molar-refractivity contribution is 4.83. The van der Waals surface area contributed by atoms with Crippen molar-refractivity contribution in [3.63, 3.8) is 0 Å². The van der Waals surface area contributed by atoms with Crippen LogP contribution in [0.15, 0.2) is 0 Å². The van der Waals surface area contributed by atoms with E-state index in [1.54, 1.807) is 0 Å². The van der Waals surface area contributed by atoms with E-state index < -0.39 is 0 Å². The van der Waals surface area contributed by atoms with Crippen LogP contribution in [0.4, 0.5) is 0 Å². The maximum Gasteiger partial charge on any atom is 0.0630 e. The minimum absolute atomic E-state index is 0.598. The maximum absolute atomic E-state index is 5.45. The van der Waals surface area contributed by atoms with Crippen LogP contribution in [0.5, 0.6) is 0 Å². The molecule has 0 aromatic rings. The average molecular weight is 312 g/mol. The Morgan fingerprint density at radius 1 is 0.955 bits per heavy atom. The Balaban J connectivity index is 1.70. The summed E-state index contributed by atoms with van der Waals surface area (Å²) in [5.41, 5.74) is 0. The predicted octanol–water partition coefficient (Wildman–Crippen LogP) is 2.15. The van der Waals surface area contributed by atoms with Crippen LogP contribution < -0.4 is 0 Å². The lowest BCUT2D eigenvalue weighted by Crippen LogP contribution is -2.55. The van der Waals surface area contributed by atoms with E-state index >= 15 is 0 Å². The molecule has 2 heterocycles. The number of nitrogens with zero attached hydrogens (tertiary/aromatic N) is 3. The van der Waals surface area contributed by atoms with Crippen LogP contribution in [-0.4, -0.2) is 86.8 Å². The van der Waals surface area contributed by atoms with Gasteiger partial charge >= 0.3 is 0 Å². The Bertz CT molecular complexity index is 292. The van der Waals surface area contributed by atoms with Gasteiger partial charge in [-0.15, -0.1) is 0 Å². The van der Waals surface area contributed by atoms with Gasteiger partial charge in [0.1, 0.15) is 0 Å². The minimum Gasteiger partial charge on any atom is -0.383 e. The smallest absolute Gasteiger partial charge is 0.0630 e. The molecule has 0 radical (unpaired) electrons. The molecule has 1 atom stereocenters. The molecule has 0 aromatic heterocycles. The second-order valence-corrected chi connectivity index (χ2v) is 7.11. The summed E-state index contributed by atoms with van der Waals surface area (Å²) in [7, 11) is 1.84. The van der Waals surface area contributed by atoms with Gasteiger partial charge in [-0.3, -0.25) is 4.90 Å². The molecule has 0 spiro atoms. The molecule has 4 heteroatoms. The molecule has 0 N–H and O–H groups in total. The fourth-order valence-electron chi connectivity index (χ4n) is 4.05. The minimum atomic E-state index is 0.598. The van der Waals surface area contributed by atoms with Crippen molar-refractivity contribution in [2.75, 3.05) is 66.1 Å². The van der Waals surface area contributed by atoms with E-state index in [0.29, 0.717) is 6.04 Å². The van der Waals surface area contributed by atoms with Gasteiger partial charge in [0.05, 0.1) is 6.61 Å². The summed E-state index contributed by atoms with van der Waals surface area (Å²) in [4.78, 5) is 7.90. The van der Waals surface area contributed by atoms with Gasteiger partial charge in [-0.1, -0.05) is 13.8 Å². The van der Waals surface area contributed by atoms with E-state index in [4.69, 9.17) is 4.74 Å². The molecule has 2 rings (SSSR count). The van der Waals surface area contributed by atoms with Gasteiger partial charge in [0.25, 0.3) is 0 Å². The third-order valence-corrected chi connectivity index (χ3v) is 5.57. The lowest BCUT2D eigenvalue weighted by Gasteiger charge is -2.42. The van der Waals surface area contributed by atoms with Crippen LogP contribution in [0.2, 0.25) is 0 Å². The number of ether oxygens (including phenoxy) is 1. The molecule has 2 aliphatic rings. The monoisotopic (exact) mass is 311 g/mol. The van der Waals surface area contributed by atoms with Gasteiger partial charge < -0.3 is 14.5 Å². The lowest BCUT2D eigenvalue weighted by atomic mass is 9.93.